The van der Waals surface area contributed by atoms with Crippen LogP contribution in [0.25, 0.3) is 0 Å². The minimum Gasteiger partial charge on any atom is -0.462 e. The van der Waals surface area contributed by atoms with Crippen LogP contribution < -0.4 is 5.32 Å². The molecule has 0 bridgehead atoms. The van der Waals surface area contributed by atoms with Gasteiger partial charge in [-0.05, 0) is 149 Å². The topological polar surface area (TPSA) is 86.3 Å². The molecule has 8 heteroatoms. The van der Waals surface area contributed by atoms with E-state index in [4.69, 9.17) is 18.9 Å². The average Bonchev–Trinajstić information content (AvgIpc) is 3.66. The quantitative estimate of drug-likeness (QED) is 0.0409. The lowest BCUT2D eigenvalue weighted by Gasteiger charge is -2.58. The summed E-state index contributed by atoms with van der Waals surface area (Å²) in [6.45, 7) is 21.1. The summed E-state index contributed by atoms with van der Waals surface area (Å²) < 4.78 is 24.3. The predicted octanol–water partition coefficient (Wildman–Crippen LogP) is 13.4. The number of unbranched alkanes of at least 4 members (excludes halogenated alkanes) is 6. The molecule has 1 N–H and O–H groups in total. The Morgan fingerprint density at radius 1 is 0.803 bits per heavy atom. The number of nitrogens with zero attached hydrogens (tertiary/aromatic N) is 1. The fourth-order valence-electron chi connectivity index (χ4n) is 13.5. The van der Waals surface area contributed by atoms with E-state index in [2.05, 4.69) is 82.1 Å². The van der Waals surface area contributed by atoms with Crippen molar-refractivity contribution in [2.75, 3.05) is 59.2 Å². The van der Waals surface area contributed by atoms with Gasteiger partial charge in [0.05, 0.1) is 39.0 Å². The Kier molecular flexibility index (Phi) is 24.9. The van der Waals surface area contributed by atoms with Gasteiger partial charge in [0.25, 0.3) is 0 Å². The first-order chi connectivity index (χ1) is 32.0. The minimum atomic E-state index is -0.252. The second kappa shape index (κ2) is 29.9. The molecule has 1 aliphatic heterocycles. The second-order valence-corrected chi connectivity index (χ2v) is 22.5. The Bertz CT molecular complexity index is 1470. The zero-order chi connectivity index (χ0) is 47.0. The van der Waals surface area contributed by atoms with Gasteiger partial charge in [0.1, 0.15) is 6.10 Å². The Labute approximate surface area is 405 Å². The molecular weight excluding hydrogens is 821 g/mol. The molecule has 5 rings (SSSR count). The molecule has 8 nitrogen and oxygen atoms in total. The highest BCUT2D eigenvalue weighted by Gasteiger charge is 2.59. The third kappa shape index (κ3) is 17.8. The molecule has 1 unspecified atom stereocenters. The van der Waals surface area contributed by atoms with Crippen molar-refractivity contribution in [3.8, 4) is 0 Å². The van der Waals surface area contributed by atoms with Gasteiger partial charge in [0.2, 0.25) is 5.91 Å². The number of allylic oxidation sites excluding steroid dienone is 5. The van der Waals surface area contributed by atoms with E-state index in [1.165, 1.54) is 109 Å². The molecule has 0 aromatic rings. The maximum atomic E-state index is 13.0. The second-order valence-electron chi connectivity index (χ2n) is 22.5. The molecule has 1 amide bonds. The number of rotatable bonds is 32. The number of fused-ring (bicyclic) bond motifs is 5. The van der Waals surface area contributed by atoms with E-state index >= 15 is 0 Å². The fourth-order valence-corrected chi connectivity index (χ4v) is 13.5. The van der Waals surface area contributed by atoms with Crippen LogP contribution >= 0.6 is 0 Å². The number of ether oxygens (including phenoxy) is 4. The van der Waals surface area contributed by atoms with Crippen molar-refractivity contribution in [2.45, 2.75) is 214 Å². The highest BCUT2D eigenvalue weighted by atomic mass is 16.6. The van der Waals surface area contributed by atoms with Crippen LogP contribution in [0.2, 0.25) is 0 Å². The van der Waals surface area contributed by atoms with E-state index in [0.717, 1.165) is 100 Å². The normalized spacial score (nSPS) is 28.8. The maximum absolute atomic E-state index is 13.0. The number of carbonyl (C=O) groups excluding carboxylic acids is 2. The van der Waals surface area contributed by atoms with Gasteiger partial charge in [-0.15, -0.1) is 0 Å². The Hall–Kier alpha value is -2.00. The summed E-state index contributed by atoms with van der Waals surface area (Å²) in [5, 5.41) is 2.92. The molecular formula is C58H100N2O6. The number of hydrogen-bond acceptors (Lipinski definition) is 7. The zero-order valence-corrected chi connectivity index (χ0v) is 43.4. The van der Waals surface area contributed by atoms with Crippen LogP contribution in [-0.4, -0.2) is 88.2 Å². The van der Waals surface area contributed by atoms with Crippen LogP contribution in [0.15, 0.2) is 36.0 Å². The zero-order valence-electron chi connectivity index (χ0n) is 43.4. The first-order valence-electron chi connectivity index (χ1n) is 28.0. The summed E-state index contributed by atoms with van der Waals surface area (Å²) in [5.41, 5.74) is 2.27. The summed E-state index contributed by atoms with van der Waals surface area (Å²) in [4.78, 5) is 28.1. The molecule has 378 valence electrons. The van der Waals surface area contributed by atoms with Crippen LogP contribution in [-0.2, 0) is 28.5 Å². The monoisotopic (exact) mass is 921 g/mol. The Morgan fingerprint density at radius 2 is 1.59 bits per heavy atom. The van der Waals surface area contributed by atoms with Gasteiger partial charge in [0, 0.05) is 32.5 Å². The molecule has 1 saturated heterocycles. The SMILES string of the molecule is CC/C=C\C/C=C\CCCCCCCCOCC(CN1CCCCC1)OCCOCCNC(=O)CCC(=O)O[C@H]1CC[C@@]2(C)C(=CC[C@H]3[C@@H]4CC[C@H]([C@H](C)CCCC(C)C)[C@@]4(C)CC[C@@H]32)C1. The lowest BCUT2D eigenvalue weighted by Crippen LogP contribution is -2.51. The molecule has 0 spiro atoms. The summed E-state index contributed by atoms with van der Waals surface area (Å²) in [7, 11) is 0. The molecule has 1 heterocycles. The van der Waals surface area contributed by atoms with Crippen molar-refractivity contribution < 1.29 is 28.5 Å². The molecule has 4 aliphatic carbocycles. The van der Waals surface area contributed by atoms with Crippen LogP contribution in [0.3, 0.4) is 0 Å². The van der Waals surface area contributed by atoms with Gasteiger partial charge in [-0.25, -0.2) is 0 Å². The van der Waals surface area contributed by atoms with E-state index < -0.39 is 0 Å². The van der Waals surface area contributed by atoms with Gasteiger partial charge in [-0.3, -0.25) is 9.59 Å². The van der Waals surface area contributed by atoms with Crippen molar-refractivity contribution in [1.82, 2.24) is 10.2 Å². The highest BCUT2D eigenvalue weighted by molar-refractivity contribution is 5.81. The molecule has 3 saturated carbocycles. The van der Waals surface area contributed by atoms with Gasteiger partial charge >= 0.3 is 5.97 Å². The number of piperidine rings is 1. The van der Waals surface area contributed by atoms with E-state index in [9.17, 15) is 9.59 Å². The molecule has 0 radical (unpaired) electrons. The third-order valence-corrected chi connectivity index (χ3v) is 17.2. The maximum Gasteiger partial charge on any atom is 0.306 e. The summed E-state index contributed by atoms with van der Waals surface area (Å²) in [5.74, 6) is 4.54. The van der Waals surface area contributed by atoms with Crippen molar-refractivity contribution in [1.29, 1.82) is 0 Å². The number of carbonyl (C=O) groups is 2. The first kappa shape index (κ1) is 54.9. The van der Waals surface area contributed by atoms with Gasteiger partial charge < -0.3 is 29.2 Å². The molecule has 9 atom stereocenters. The van der Waals surface area contributed by atoms with Gasteiger partial charge in [-0.2, -0.15) is 0 Å². The van der Waals surface area contributed by atoms with Crippen molar-refractivity contribution >= 4 is 11.9 Å². The largest absolute Gasteiger partial charge is 0.462 e. The summed E-state index contributed by atoms with van der Waals surface area (Å²) in [6, 6.07) is 0. The third-order valence-electron chi connectivity index (χ3n) is 17.2. The Morgan fingerprint density at radius 3 is 2.39 bits per heavy atom. The number of amides is 1. The fraction of sp³-hybridized carbons (Fsp3) is 0.862. The molecule has 0 aromatic heterocycles. The lowest BCUT2D eigenvalue weighted by molar-refractivity contribution is -0.152. The molecule has 5 aliphatic rings. The number of hydrogen-bond donors (Lipinski definition) is 1. The smallest absolute Gasteiger partial charge is 0.306 e. The summed E-state index contributed by atoms with van der Waals surface area (Å²) >= 11 is 0. The minimum absolute atomic E-state index is 0.0354. The Balaban J connectivity index is 0.901. The van der Waals surface area contributed by atoms with Crippen LogP contribution in [0.4, 0.5) is 0 Å². The lowest BCUT2D eigenvalue weighted by atomic mass is 9.47. The highest BCUT2D eigenvalue weighted by Crippen LogP contribution is 2.67. The molecule has 0 aromatic carbocycles. The van der Waals surface area contributed by atoms with Crippen LogP contribution in [0.1, 0.15) is 202 Å². The van der Waals surface area contributed by atoms with Crippen molar-refractivity contribution in [3.05, 3.63) is 36.0 Å². The molecule has 66 heavy (non-hydrogen) atoms. The van der Waals surface area contributed by atoms with E-state index in [-0.39, 0.29) is 42.3 Å². The first-order valence-corrected chi connectivity index (χ1v) is 28.0. The predicted molar refractivity (Wildman–Crippen MR) is 272 cm³/mol. The van der Waals surface area contributed by atoms with E-state index in [0.29, 0.717) is 38.4 Å². The van der Waals surface area contributed by atoms with E-state index in [1.807, 2.05) is 0 Å². The number of esters is 1. The average molecular weight is 921 g/mol. The molecule has 4 fully saturated rings. The number of nitrogens with one attached hydrogen (secondary N) is 1. The summed E-state index contributed by atoms with van der Waals surface area (Å²) in [6.07, 6.45) is 40.4. The van der Waals surface area contributed by atoms with Crippen LogP contribution in [0.5, 0.6) is 0 Å². The number of likely N-dealkylation sites (tertiary alicyclic amines) is 1. The standard InChI is InChI=1S/C58H100N2O6/c1-7-8-9-10-11-12-13-14-15-16-17-18-22-39-64-45-50(44-60-37-20-19-21-38-60)65-42-41-63-40-36-59-55(61)30-31-56(62)66-49-32-34-57(5)48(43-49)26-27-51-53-29-28-52(47(4)25-23-24-46(2)3)58(53,6)35-33-54(51)57/h8-9,11-12,26,46-47,49-54H,7,10,13-25,27-45H2,1-6H3,(H,59,61)/b9-8-,12-11-/t47-,49+,50?,51+,52-,53+,54+,57+,58-/m1/s1. The van der Waals surface area contributed by atoms with Gasteiger partial charge in [-0.1, -0.05) is 129 Å². The van der Waals surface area contributed by atoms with Crippen molar-refractivity contribution in [2.24, 2.45) is 46.3 Å². The van der Waals surface area contributed by atoms with Crippen molar-refractivity contribution in [3.63, 3.8) is 0 Å². The van der Waals surface area contributed by atoms with E-state index in [1.54, 1.807) is 5.57 Å². The van der Waals surface area contributed by atoms with Gasteiger partial charge in [0.15, 0.2) is 0 Å². The van der Waals surface area contributed by atoms with Crippen LogP contribution in [0, 0.1) is 46.3 Å².